The minimum atomic E-state index is -3.66. The summed E-state index contributed by atoms with van der Waals surface area (Å²) in [6.07, 6.45) is 2.10. The summed E-state index contributed by atoms with van der Waals surface area (Å²) in [5.74, 6) is 1.07. The van der Waals surface area contributed by atoms with E-state index in [-0.39, 0.29) is 10.5 Å². The van der Waals surface area contributed by atoms with Gasteiger partial charge in [0, 0.05) is 12.1 Å². The number of nitrogens with one attached hydrogen (secondary N) is 3. The fourth-order valence-electron chi connectivity index (χ4n) is 3.08. The molecule has 3 N–H and O–H groups in total. The Hall–Kier alpha value is -3.04. The molecule has 1 fully saturated rings. The third kappa shape index (κ3) is 4.74. The normalized spacial score (nSPS) is 15.0. The van der Waals surface area contributed by atoms with Crippen molar-refractivity contribution in [2.24, 2.45) is 5.92 Å². The molecule has 8 nitrogen and oxygen atoms in total. The Balaban J connectivity index is 1.57. The molecule has 1 atom stereocenters. The molecule has 156 valence electrons. The highest BCUT2D eigenvalue weighted by molar-refractivity contribution is 7.89. The van der Waals surface area contributed by atoms with Crippen LogP contribution < -0.4 is 10.0 Å². The largest absolute Gasteiger partial charge is 0.338 e. The number of carbonyl (C=O) groups is 1. The second kappa shape index (κ2) is 8.37. The van der Waals surface area contributed by atoms with Crippen LogP contribution in [0.1, 0.15) is 46.5 Å². The van der Waals surface area contributed by atoms with Crippen molar-refractivity contribution >= 4 is 15.9 Å². The van der Waals surface area contributed by atoms with Gasteiger partial charge in [-0.15, -0.1) is 0 Å². The summed E-state index contributed by atoms with van der Waals surface area (Å²) >= 11 is 0. The number of hydrogen-bond donors (Lipinski definition) is 3. The van der Waals surface area contributed by atoms with E-state index in [1.54, 1.807) is 19.1 Å². The fraction of sp³-hybridized carbons (Fsp3) is 0.286. The van der Waals surface area contributed by atoms with Gasteiger partial charge in [0.25, 0.3) is 5.91 Å². The lowest BCUT2D eigenvalue weighted by molar-refractivity contribution is 0.0941. The summed E-state index contributed by atoms with van der Waals surface area (Å²) in [5, 5.41) is 9.89. The molecular formula is C21H23N5O3S. The molecule has 1 saturated carbocycles. The molecule has 4 rings (SSSR count). The molecule has 0 saturated heterocycles. The average molecular weight is 426 g/mol. The van der Waals surface area contributed by atoms with Crippen LogP contribution in [0.15, 0.2) is 59.5 Å². The number of aromatic nitrogens is 3. The third-order valence-corrected chi connectivity index (χ3v) is 6.37. The first-order valence-corrected chi connectivity index (χ1v) is 11.2. The first-order valence-electron chi connectivity index (χ1n) is 9.77. The predicted molar refractivity (Wildman–Crippen MR) is 111 cm³/mol. The Bertz CT molecular complexity index is 1140. The number of sulfonamides is 1. The van der Waals surface area contributed by atoms with Crippen molar-refractivity contribution in [2.45, 2.75) is 30.7 Å². The standard InChI is InChI=1S/C21H23N5O3S/c1-14-23-20(26-25-14)19(16-6-3-2-4-7-16)24-21(27)17-8-5-9-18(12-17)30(28,29)22-13-15-10-11-15/h2-9,12,15,19,22H,10-11,13H2,1H3,(H,24,27)(H,23,25,26). The summed E-state index contributed by atoms with van der Waals surface area (Å²) < 4.78 is 27.7. The number of H-pyrrole nitrogens is 1. The van der Waals surface area contributed by atoms with E-state index in [0.29, 0.717) is 24.1 Å². The first-order chi connectivity index (χ1) is 14.4. The predicted octanol–water partition coefficient (Wildman–Crippen LogP) is 2.32. The second-order valence-electron chi connectivity index (χ2n) is 7.42. The van der Waals surface area contributed by atoms with Crippen LogP contribution in [0.3, 0.4) is 0 Å². The van der Waals surface area contributed by atoms with Crippen LogP contribution in [-0.4, -0.2) is 36.1 Å². The van der Waals surface area contributed by atoms with Crippen molar-refractivity contribution in [1.82, 2.24) is 25.2 Å². The molecule has 1 heterocycles. The topological polar surface area (TPSA) is 117 Å². The molecular weight excluding hydrogens is 402 g/mol. The van der Waals surface area contributed by atoms with Gasteiger partial charge in [-0.1, -0.05) is 36.4 Å². The zero-order chi connectivity index (χ0) is 21.1. The van der Waals surface area contributed by atoms with E-state index in [0.717, 1.165) is 18.4 Å². The summed E-state index contributed by atoms with van der Waals surface area (Å²) in [6.45, 7) is 2.21. The summed E-state index contributed by atoms with van der Waals surface area (Å²) in [6, 6.07) is 14.8. The highest BCUT2D eigenvalue weighted by Crippen LogP contribution is 2.28. The third-order valence-electron chi connectivity index (χ3n) is 4.95. The van der Waals surface area contributed by atoms with Crippen molar-refractivity contribution < 1.29 is 13.2 Å². The Morgan fingerprint density at radius 3 is 2.60 bits per heavy atom. The molecule has 1 unspecified atom stereocenters. The fourth-order valence-corrected chi connectivity index (χ4v) is 4.24. The molecule has 0 spiro atoms. The smallest absolute Gasteiger partial charge is 0.252 e. The van der Waals surface area contributed by atoms with E-state index in [4.69, 9.17) is 0 Å². The molecule has 30 heavy (non-hydrogen) atoms. The molecule has 9 heteroatoms. The second-order valence-corrected chi connectivity index (χ2v) is 9.19. The summed E-state index contributed by atoms with van der Waals surface area (Å²) in [7, 11) is -3.66. The van der Waals surface area contributed by atoms with Crippen LogP contribution >= 0.6 is 0 Å². The van der Waals surface area contributed by atoms with Gasteiger partial charge in [-0.2, -0.15) is 5.10 Å². The van der Waals surface area contributed by atoms with Crippen LogP contribution in [0.4, 0.5) is 0 Å². The van der Waals surface area contributed by atoms with Crippen molar-refractivity contribution in [1.29, 1.82) is 0 Å². The number of aryl methyl sites for hydroxylation is 1. The quantitative estimate of drug-likeness (QED) is 0.512. The van der Waals surface area contributed by atoms with Crippen LogP contribution in [-0.2, 0) is 10.0 Å². The number of amides is 1. The van der Waals surface area contributed by atoms with Crippen LogP contribution in [0, 0.1) is 12.8 Å². The molecule has 1 aromatic heterocycles. The van der Waals surface area contributed by atoms with Gasteiger partial charge in [0.1, 0.15) is 11.9 Å². The molecule has 2 aromatic carbocycles. The maximum Gasteiger partial charge on any atom is 0.252 e. The van der Waals surface area contributed by atoms with Crippen molar-refractivity contribution in [2.75, 3.05) is 6.54 Å². The van der Waals surface area contributed by atoms with Crippen LogP contribution in [0.5, 0.6) is 0 Å². The van der Waals surface area contributed by atoms with Gasteiger partial charge < -0.3 is 5.32 Å². The van der Waals surface area contributed by atoms with Gasteiger partial charge in [0.05, 0.1) is 4.90 Å². The van der Waals surface area contributed by atoms with E-state index < -0.39 is 22.0 Å². The van der Waals surface area contributed by atoms with E-state index >= 15 is 0 Å². The van der Waals surface area contributed by atoms with Crippen LogP contribution in [0.2, 0.25) is 0 Å². The van der Waals surface area contributed by atoms with Gasteiger partial charge in [-0.05, 0) is 49.4 Å². The number of hydrogen-bond acceptors (Lipinski definition) is 5. The lowest BCUT2D eigenvalue weighted by Gasteiger charge is -2.17. The number of aromatic amines is 1. The van der Waals surface area contributed by atoms with Gasteiger partial charge in [0.15, 0.2) is 5.82 Å². The molecule has 0 aliphatic heterocycles. The number of rotatable bonds is 8. The average Bonchev–Trinajstić information content (AvgIpc) is 3.50. The molecule has 0 radical (unpaired) electrons. The lowest BCUT2D eigenvalue weighted by atomic mass is 10.1. The molecule has 3 aromatic rings. The Morgan fingerprint density at radius 1 is 1.17 bits per heavy atom. The molecule has 1 amide bonds. The lowest BCUT2D eigenvalue weighted by Crippen LogP contribution is -2.30. The van der Waals surface area contributed by atoms with E-state index in [9.17, 15) is 13.2 Å². The Kier molecular flexibility index (Phi) is 5.65. The minimum Gasteiger partial charge on any atom is -0.338 e. The maximum atomic E-state index is 13.0. The molecule has 1 aliphatic rings. The zero-order valence-corrected chi connectivity index (χ0v) is 17.3. The highest BCUT2D eigenvalue weighted by atomic mass is 32.2. The van der Waals surface area contributed by atoms with Crippen molar-refractivity contribution in [3.05, 3.63) is 77.4 Å². The SMILES string of the molecule is Cc1nc(C(NC(=O)c2cccc(S(=O)(=O)NCC3CC3)c2)c2ccccc2)n[nH]1. The number of nitrogens with zero attached hydrogens (tertiary/aromatic N) is 2. The summed E-state index contributed by atoms with van der Waals surface area (Å²) in [4.78, 5) is 17.4. The van der Waals surface area contributed by atoms with E-state index in [2.05, 4.69) is 25.2 Å². The van der Waals surface area contributed by atoms with Crippen molar-refractivity contribution in [3.63, 3.8) is 0 Å². The molecule has 0 bridgehead atoms. The zero-order valence-electron chi connectivity index (χ0n) is 16.5. The number of benzene rings is 2. The molecule has 1 aliphatic carbocycles. The van der Waals surface area contributed by atoms with Gasteiger partial charge in [-0.3, -0.25) is 9.89 Å². The Labute approximate surface area is 175 Å². The summed E-state index contributed by atoms with van der Waals surface area (Å²) in [5.41, 5.74) is 1.07. The highest BCUT2D eigenvalue weighted by Gasteiger charge is 2.25. The first kappa shape index (κ1) is 20.2. The van der Waals surface area contributed by atoms with E-state index in [1.165, 1.54) is 12.1 Å². The van der Waals surface area contributed by atoms with Gasteiger partial charge >= 0.3 is 0 Å². The number of carbonyl (C=O) groups excluding carboxylic acids is 1. The van der Waals surface area contributed by atoms with Gasteiger partial charge in [0.2, 0.25) is 10.0 Å². The minimum absolute atomic E-state index is 0.0702. The van der Waals surface area contributed by atoms with Crippen molar-refractivity contribution in [3.8, 4) is 0 Å². The van der Waals surface area contributed by atoms with Crippen LogP contribution in [0.25, 0.3) is 0 Å². The maximum absolute atomic E-state index is 13.0. The van der Waals surface area contributed by atoms with E-state index in [1.807, 2.05) is 30.3 Å². The van der Waals surface area contributed by atoms with Gasteiger partial charge in [-0.25, -0.2) is 18.1 Å². The monoisotopic (exact) mass is 425 g/mol. The Morgan fingerprint density at radius 2 is 1.93 bits per heavy atom.